The second kappa shape index (κ2) is 6.86. The van der Waals surface area contributed by atoms with Crippen LogP contribution in [0.4, 0.5) is 0 Å². The Bertz CT molecular complexity index is 428. The smallest absolute Gasteiger partial charge is 0.191 e. The monoisotopic (exact) mass is 310 g/mol. The molecule has 0 saturated carbocycles. The maximum absolute atomic E-state index is 12.1. The molecule has 0 N–H and O–H groups in total. The third-order valence-corrected chi connectivity index (χ3v) is 4.03. The number of hydrogen-bond donors (Lipinski definition) is 0. The van der Waals surface area contributed by atoms with Crippen LogP contribution in [0.25, 0.3) is 0 Å². The molecule has 0 heterocycles. The summed E-state index contributed by atoms with van der Waals surface area (Å²) in [6.45, 7) is 9.49. The predicted octanol–water partition coefficient (Wildman–Crippen LogP) is 4.02. The van der Waals surface area contributed by atoms with E-state index in [1.165, 1.54) is 0 Å². The fraction of sp³-hybridized carbons (Fsp3) is 0.400. The van der Waals surface area contributed by atoms with Gasteiger partial charge in [0.1, 0.15) is 0 Å². The highest BCUT2D eigenvalue weighted by Gasteiger charge is 2.17. The Morgan fingerprint density at radius 1 is 1.22 bits per heavy atom. The van der Waals surface area contributed by atoms with Crippen molar-refractivity contribution in [2.45, 2.75) is 20.8 Å². The molecule has 0 radical (unpaired) electrons. The molecule has 18 heavy (non-hydrogen) atoms. The third kappa shape index (κ3) is 3.79. The summed E-state index contributed by atoms with van der Waals surface area (Å²) in [6.07, 6.45) is 3.74. The Labute approximate surface area is 118 Å². The maximum atomic E-state index is 12.1. The largest absolute Gasteiger partial charge is 0.298 e. The first-order valence-corrected chi connectivity index (χ1v) is 7.21. The van der Waals surface area contributed by atoms with Gasteiger partial charge in [-0.2, -0.15) is 0 Å². The van der Waals surface area contributed by atoms with Gasteiger partial charge in [-0.1, -0.05) is 28.1 Å². The number of ketones is 1. The van der Waals surface area contributed by atoms with Crippen molar-refractivity contribution in [3.8, 4) is 0 Å². The highest BCUT2D eigenvalue weighted by atomic mass is 79.9. The molecule has 0 spiro atoms. The molecule has 2 nitrogen and oxygen atoms in total. The zero-order valence-electron chi connectivity index (χ0n) is 11.3. The molecule has 0 bridgehead atoms. The summed E-state index contributed by atoms with van der Waals surface area (Å²) in [5, 5.41) is 0. The number of carbonyl (C=O) groups excluding carboxylic acids is 1. The second-order valence-corrected chi connectivity index (χ2v) is 5.27. The van der Waals surface area contributed by atoms with Crippen molar-refractivity contribution in [2.24, 2.45) is 0 Å². The Hall–Kier alpha value is -0.930. The van der Waals surface area contributed by atoms with Crippen LogP contribution in [0.1, 0.15) is 31.1 Å². The van der Waals surface area contributed by atoms with Crippen LogP contribution in [0, 0.1) is 0 Å². The molecule has 1 aromatic carbocycles. The molecular formula is C15H21BrNO+. The normalized spacial score (nSPS) is 12.0. The molecule has 98 valence electrons. The summed E-state index contributed by atoms with van der Waals surface area (Å²) < 4.78 is 1.78. The van der Waals surface area contributed by atoms with Gasteiger partial charge in [-0.3, -0.25) is 9.28 Å². The minimum Gasteiger partial charge on any atom is -0.298 e. The summed E-state index contributed by atoms with van der Waals surface area (Å²) in [5.41, 5.74) is 0.724. The molecule has 0 unspecified atom stereocenters. The first-order valence-electron chi connectivity index (χ1n) is 6.41. The topological polar surface area (TPSA) is 17.1 Å². The minimum atomic E-state index is 0.0640. The number of benzene rings is 1. The lowest BCUT2D eigenvalue weighted by molar-refractivity contribution is -0.874. The number of carbonyl (C=O) groups is 1. The van der Waals surface area contributed by atoms with Crippen molar-refractivity contribution < 1.29 is 9.28 Å². The molecule has 1 aromatic rings. The zero-order chi connectivity index (χ0) is 13.6. The van der Waals surface area contributed by atoms with Gasteiger partial charge in [-0.25, -0.2) is 0 Å². The molecule has 0 amide bonds. The van der Waals surface area contributed by atoms with Gasteiger partial charge in [0.15, 0.2) is 5.78 Å². The van der Waals surface area contributed by atoms with Crippen LogP contribution in [0.5, 0.6) is 0 Å². The Morgan fingerprint density at radius 3 is 2.33 bits per heavy atom. The van der Waals surface area contributed by atoms with Gasteiger partial charge in [-0.05, 0) is 32.9 Å². The molecule has 0 saturated heterocycles. The number of nitrogens with zero attached hydrogens (tertiary/aromatic N) is 1. The maximum Gasteiger partial charge on any atom is 0.191 e. The lowest BCUT2D eigenvalue weighted by Crippen LogP contribution is -2.42. The lowest BCUT2D eigenvalue weighted by Gasteiger charge is -2.31. The van der Waals surface area contributed by atoms with Crippen molar-refractivity contribution in [3.05, 3.63) is 46.6 Å². The summed E-state index contributed by atoms with van der Waals surface area (Å²) >= 11 is 3.38. The molecule has 3 heteroatoms. The molecule has 0 fully saturated rings. The van der Waals surface area contributed by atoms with Gasteiger partial charge in [0, 0.05) is 16.1 Å². The van der Waals surface area contributed by atoms with E-state index in [0.29, 0.717) is 0 Å². The van der Waals surface area contributed by atoms with Crippen molar-refractivity contribution in [2.75, 3.05) is 19.6 Å². The Kier molecular flexibility index (Phi) is 5.76. The van der Waals surface area contributed by atoms with E-state index in [1.807, 2.05) is 30.5 Å². The zero-order valence-corrected chi connectivity index (χ0v) is 12.9. The average Bonchev–Trinajstić information content (AvgIpc) is 2.40. The Balaban J connectivity index is 2.87. The van der Waals surface area contributed by atoms with Crippen LogP contribution in [-0.4, -0.2) is 29.9 Å². The molecule has 0 atom stereocenters. The van der Waals surface area contributed by atoms with Gasteiger partial charge in [0.2, 0.25) is 0 Å². The van der Waals surface area contributed by atoms with Gasteiger partial charge in [0.05, 0.1) is 25.8 Å². The van der Waals surface area contributed by atoms with E-state index >= 15 is 0 Å². The van der Waals surface area contributed by atoms with Crippen molar-refractivity contribution >= 4 is 21.7 Å². The first-order chi connectivity index (χ1) is 8.56. The Morgan fingerprint density at radius 2 is 1.83 bits per heavy atom. The molecule has 0 aliphatic heterocycles. The fourth-order valence-electron chi connectivity index (χ4n) is 1.95. The van der Waals surface area contributed by atoms with Crippen LogP contribution in [0.2, 0.25) is 0 Å². The summed E-state index contributed by atoms with van der Waals surface area (Å²) in [5.74, 6) is 0.0640. The van der Waals surface area contributed by atoms with Crippen LogP contribution < -0.4 is 0 Å². The van der Waals surface area contributed by atoms with Crippen LogP contribution >= 0.6 is 15.9 Å². The van der Waals surface area contributed by atoms with E-state index in [1.54, 1.807) is 6.08 Å². The summed E-state index contributed by atoms with van der Waals surface area (Å²) in [4.78, 5) is 12.1. The molecule has 0 aliphatic carbocycles. The number of quaternary nitrogens is 1. The van der Waals surface area contributed by atoms with Gasteiger partial charge < -0.3 is 0 Å². The summed E-state index contributed by atoms with van der Waals surface area (Å²) in [7, 11) is 0. The number of hydrogen-bond acceptors (Lipinski definition) is 1. The molecule has 0 aliphatic rings. The van der Waals surface area contributed by atoms with Crippen LogP contribution in [0.15, 0.2) is 41.0 Å². The van der Waals surface area contributed by atoms with Crippen molar-refractivity contribution in [3.63, 3.8) is 0 Å². The average molecular weight is 311 g/mol. The highest BCUT2D eigenvalue weighted by molar-refractivity contribution is 9.10. The molecule has 0 aromatic heterocycles. The van der Waals surface area contributed by atoms with Crippen molar-refractivity contribution in [1.82, 2.24) is 0 Å². The van der Waals surface area contributed by atoms with Crippen LogP contribution in [-0.2, 0) is 0 Å². The van der Waals surface area contributed by atoms with E-state index in [9.17, 15) is 4.79 Å². The van der Waals surface area contributed by atoms with E-state index < -0.39 is 0 Å². The standard InChI is InChI=1S/C15H21BrNO/c1-4-17(5-2,6-3)11-10-15(18)13-8-7-9-14(16)12-13/h7-12H,4-6H2,1-3H3/q+1/b11-10+. The van der Waals surface area contributed by atoms with Crippen molar-refractivity contribution in [1.29, 1.82) is 0 Å². The van der Waals surface area contributed by atoms with Gasteiger partial charge in [0.25, 0.3) is 0 Å². The highest BCUT2D eigenvalue weighted by Crippen LogP contribution is 2.13. The van der Waals surface area contributed by atoms with Gasteiger partial charge >= 0.3 is 0 Å². The number of rotatable bonds is 6. The predicted molar refractivity (Wildman–Crippen MR) is 79.5 cm³/mol. The quantitative estimate of drug-likeness (QED) is 0.440. The number of halogens is 1. The first kappa shape index (κ1) is 15.1. The number of allylic oxidation sites excluding steroid dienone is 1. The minimum absolute atomic E-state index is 0.0640. The van der Waals surface area contributed by atoms with E-state index in [4.69, 9.17) is 0 Å². The van der Waals surface area contributed by atoms with E-state index in [-0.39, 0.29) is 5.78 Å². The lowest BCUT2D eigenvalue weighted by atomic mass is 10.1. The van der Waals surface area contributed by atoms with Crippen LogP contribution in [0.3, 0.4) is 0 Å². The van der Waals surface area contributed by atoms with E-state index in [2.05, 4.69) is 36.7 Å². The van der Waals surface area contributed by atoms with E-state index in [0.717, 1.165) is 34.2 Å². The third-order valence-electron chi connectivity index (χ3n) is 3.54. The molecule has 1 rings (SSSR count). The summed E-state index contributed by atoms with van der Waals surface area (Å²) in [6, 6.07) is 7.50. The fourth-order valence-corrected chi connectivity index (χ4v) is 2.35. The molecular weight excluding hydrogens is 290 g/mol. The SMILES string of the molecule is CC[N+](/C=C/C(=O)c1cccc(Br)c1)(CC)CC. The van der Waals surface area contributed by atoms with Gasteiger partial charge in [-0.15, -0.1) is 0 Å². The second-order valence-electron chi connectivity index (χ2n) is 4.36.